The summed E-state index contributed by atoms with van der Waals surface area (Å²) in [6, 6.07) is 12.0. The van der Waals surface area contributed by atoms with E-state index in [1.807, 2.05) is 29.2 Å². The first-order valence-corrected chi connectivity index (χ1v) is 8.07. The molecule has 1 fully saturated rings. The van der Waals surface area contributed by atoms with E-state index in [2.05, 4.69) is 17.5 Å². The number of amides is 1. The Balaban J connectivity index is 1.71. The number of hydrogen-bond donors (Lipinski definition) is 0. The van der Waals surface area contributed by atoms with E-state index in [4.69, 9.17) is 11.6 Å². The van der Waals surface area contributed by atoms with Crippen LogP contribution < -0.4 is 0 Å². The maximum atomic E-state index is 12.5. The Bertz CT molecular complexity index is 579. The number of carbonyl (C=O) groups excluding carboxylic acids is 1. The van der Waals surface area contributed by atoms with E-state index in [1.54, 1.807) is 11.3 Å². The standard InChI is InChI=1S/C16H16ClNOS/c17-13-7-5-12(6-8-13)11-16(19)18-9-1-3-14(18)15-4-2-10-20-15/h2,4-8,10,14H,1,3,9,11H2. The third kappa shape index (κ3) is 2.89. The van der Waals surface area contributed by atoms with Crippen molar-refractivity contribution in [3.05, 3.63) is 57.2 Å². The number of likely N-dealkylation sites (tertiary alicyclic amines) is 1. The average Bonchev–Trinajstić information content (AvgIpc) is 3.11. The molecule has 1 atom stereocenters. The van der Waals surface area contributed by atoms with Crippen LogP contribution in [0.1, 0.15) is 29.3 Å². The van der Waals surface area contributed by atoms with Crippen LogP contribution in [-0.4, -0.2) is 17.4 Å². The fourth-order valence-electron chi connectivity index (χ4n) is 2.72. The molecule has 1 aromatic carbocycles. The molecule has 0 bridgehead atoms. The van der Waals surface area contributed by atoms with Crippen molar-refractivity contribution in [1.82, 2.24) is 4.90 Å². The molecule has 2 nitrogen and oxygen atoms in total. The van der Waals surface area contributed by atoms with E-state index in [9.17, 15) is 4.79 Å². The van der Waals surface area contributed by atoms with Crippen molar-refractivity contribution in [2.45, 2.75) is 25.3 Å². The third-order valence-corrected chi connectivity index (χ3v) is 4.94. The predicted molar refractivity (Wildman–Crippen MR) is 83.2 cm³/mol. The minimum Gasteiger partial charge on any atom is -0.335 e. The molecule has 20 heavy (non-hydrogen) atoms. The zero-order valence-electron chi connectivity index (χ0n) is 11.1. The van der Waals surface area contributed by atoms with Crippen LogP contribution in [0.4, 0.5) is 0 Å². The molecule has 104 valence electrons. The van der Waals surface area contributed by atoms with Crippen LogP contribution in [0.2, 0.25) is 5.02 Å². The zero-order valence-corrected chi connectivity index (χ0v) is 12.7. The van der Waals surface area contributed by atoms with Crippen molar-refractivity contribution >= 4 is 28.8 Å². The molecule has 0 spiro atoms. The fraction of sp³-hybridized carbons (Fsp3) is 0.312. The minimum atomic E-state index is 0.211. The van der Waals surface area contributed by atoms with Gasteiger partial charge in [0.2, 0.25) is 5.91 Å². The van der Waals surface area contributed by atoms with Gasteiger partial charge >= 0.3 is 0 Å². The van der Waals surface area contributed by atoms with Gasteiger partial charge in [0, 0.05) is 16.4 Å². The summed E-state index contributed by atoms with van der Waals surface area (Å²) in [5, 5.41) is 2.79. The fourth-order valence-corrected chi connectivity index (χ4v) is 3.72. The molecule has 1 unspecified atom stereocenters. The zero-order chi connectivity index (χ0) is 13.9. The first-order chi connectivity index (χ1) is 9.74. The molecule has 1 amide bonds. The molecule has 0 radical (unpaired) electrons. The Morgan fingerprint density at radius 1 is 1.30 bits per heavy atom. The second-order valence-corrected chi connectivity index (χ2v) is 6.48. The van der Waals surface area contributed by atoms with E-state index in [0.717, 1.165) is 24.9 Å². The van der Waals surface area contributed by atoms with Crippen LogP contribution in [0.3, 0.4) is 0 Å². The summed E-state index contributed by atoms with van der Waals surface area (Å²) in [5.41, 5.74) is 1.02. The summed E-state index contributed by atoms with van der Waals surface area (Å²) in [5.74, 6) is 0.211. The van der Waals surface area contributed by atoms with Gasteiger partial charge in [0.1, 0.15) is 0 Å². The quantitative estimate of drug-likeness (QED) is 0.827. The molecule has 2 heterocycles. The third-order valence-electron chi connectivity index (χ3n) is 3.71. The Hall–Kier alpha value is -1.32. The number of hydrogen-bond acceptors (Lipinski definition) is 2. The van der Waals surface area contributed by atoms with Crippen LogP contribution in [0, 0.1) is 0 Å². The lowest BCUT2D eigenvalue weighted by atomic mass is 10.1. The van der Waals surface area contributed by atoms with Gasteiger partial charge in [0.05, 0.1) is 12.5 Å². The Kier molecular flexibility index (Phi) is 4.08. The van der Waals surface area contributed by atoms with E-state index >= 15 is 0 Å². The predicted octanol–water partition coefficient (Wildman–Crippen LogP) is 4.31. The largest absolute Gasteiger partial charge is 0.335 e. The van der Waals surface area contributed by atoms with E-state index < -0.39 is 0 Å². The summed E-state index contributed by atoms with van der Waals surface area (Å²) < 4.78 is 0. The smallest absolute Gasteiger partial charge is 0.227 e. The van der Waals surface area contributed by atoms with Crippen molar-refractivity contribution < 1.29 is 4.79 Å². The first-order valence-electron chi connectivity index (χ1n) is 6.81. The number of nitrogens with zero attached hydrogens (tertiary/aromatic N) is 1. The Morgan fingerprint density at radius 2 is 2.10 bits per heavy atom. The number of carbonyl (C=O) groups is 1. The van der Waals surface area contributed by atoms with E-state index in [-0.39, 0.29) is 11.9 Å². The first kappa shape index (κ1) is 13.7. The van der Waals surface area contributed by atoms with Crippen molar-refractivity contribution in [2.75, 3.05) is 6.54 Å². The molecule has 1 aliphatic heterocycles. The van der Waals surface area contributed by atoms with Crippen LogP contribution in [0.25, 0.3) is 0 Å². The molecular weight excluding hydrogens is 290 g/mol. The summed E-state index contributed by atoms with van der Waals surface area (Å²) in [7, 11) is 0. The van der Waals surface area contributed by atoms with Crippen LogP contribution in [-0.2, 0) is 11.2 Å². The Morgan fingerprint density at radius 3 is 2.80 bits per heavy atom. The number of benzene rings is 1. The summed E-state index contributed by atoms with van der Waals surface area (Å²) >= 11 is 7.61. The molecule has 0 aliphatic carbocycles. The van der Waals surface area contributed by atoms with Gasteiger partial charge in [-0.1, -0.05) is 29.8 Å². The summed E-state index contributed by atoms with van der Waals surface area (Å²) in [4.78, 5) is 15.8. The Labute approximate surface area is 128 Å². The molecule has 1 aromatic heterocycles. The molecule has 4 heteroatoms. The van der Waals surface area contributed by atoms with Crippen LogP contribution in [0.5, 0.6) is 0 Å². The number of thiophene rings is 1. The van der Waals surface area contributed by atoms with Gasteiger partial charge in [-0.05, 0) is 42.0 Å². The summed E-state index contributed by atoms with van der Waals surface area (Å²) in [6.07, 6.45) is 2.63. The van der Waals surface area contributed by atoms with E-state index in [0.29, 0.717) is 11.4 Å². The van der Waals surface area contributed by atoms with Crippen LogP contribution >= 0.6 is 22.9 Å². The highest BCUT2D eigenvalue weighted by atomic mass is 35.5. The summed E-state index contributed by atoms with van der Waals surface area (Å²) in [6.45, 7) is 0.870. The van der Waals surface area contributed by atoms with Crippen molar-refractivity contribution in [1.29, 1.82) is 0 Å². The maximum Gasteiger partial charge on any atom is 0.227 e. The van der Waals surface area contributed by atoms with Gasteiger partial charge < -0.3 is 4.90 Å². The van der Waals surface area contributed by atoms with Gasteiger partial charge in [-0.3, -0.25) is 4.79 Å². The average molecular weight is 306 g/mol. The van der Waals surface area contributed by atoms with Gasteiger partial charge in [-0.15, -0.1) is 11.3 Å². The molecule has 0 saturated carbocycles. The highest BCUT2D eigenvalue weighted by molar-refractivity contribution is 7.10. The van der Waals surface area contributed by atoms with Crippen molar-refractivity contribution in [2.24, 2.45) is 0 Å². The highest BCUT2D eigenvalue weighted by Crippen LogP contribution is 2.34. The second kappa shape index (κ2) is 5.98. The molecule has 0 N–H and O–H groups in total. The van der Waals surface area contributed by atoms with Crippen molar-refractivity contribution in [3.8, 4) is 0 Å². The van der Waals surface area contributed by atoms with Gasteiger partial charge in [0.25, 0.3) is 0 Å². The lowest BCUT2D eigenvalue weighted by Crippen LogP contribution is -2.31. The molecule has 2 aromatic rings. The van der Waals surface area contributed by atoms with Gasteiger partial charge in [-0.25, -0.2) is 0 Å². The molecule has 1 aliphatic rings. The molecule has 1 saturated heterocycles. The number of rotatable bonds is 3. The van der Waals surface area contributed by atoms with Crippen LogP contribution in [0.15, 0.2) is 41.8 Å². The van der Waals surface area contributed by atoms with Gasteiger partial charge in [0.15, 0.2) is 0 Å². The minimum absolute atomic E-state index is 0.211. The second-order valence-electron chi connectivity index (χ2n) is 5.06. The lowest BCUT2D eigenvalue weighted by molar-refractivity contribution is -0.131. The monoisotopic (exact) mass is 305 g/mol. The normalized spacial score (nSPS) is 18.4. The number of halogens is 1. The lowest BCUT2D eigenvalue weighted by Gasteiger charge is -2.24. The van der Waals surface area contributed by atoms with E-state index in [1.165, 1.54) is 4.88 Å². The molecular formula is C16H16ClNOS. The van der Waals surface area contributed by atoms with Crippen molar-refractivity contribution in [3.63, 3.8) is 0 Å². The maximum absolute atomic E-state index is 12.5. The highest BCUT2D eigenvalue weighted by Gasteiger charge is 2.30. The van der Waals surface area contributed by atoms with Gasteiger partial charge in [-0.2, -0.15) is 0 Å². The molecule has 3 rings (SSSR count). The topological polar surface area (TPSA) is 20.3 Å². The SMILES string of the molecule is O=C(Cc1ccc(Cl)cc1)N1CCCC1c1cccs1.